The SMILES string of the molecule is CC(C)OC(=O)c1cccnc1N1CCN(Cc2cccc(OCc3cccc4ccccc34)c2)CC1. The summed E-state index contributed by atoms with van der Waals surface area (Å²) in [6, 6.07) is 26.7. The van der Waals surface area contributed by atoms with Crippen molar-refractivity contribution in [3.63, 3.8) is 0 Å². The number of rotatable bonds is 8. The Morgan fingerprint density at radius 1 is 0.919 bits per heavy atom. The van der Waals surface area contributed by atoms with E-state index in [0.29, 0.717) is 18.0 Å². The molecule has 6 nitrogen and oxygen atoms in total. The highest BCUT2D eigenvalue weighted by Gasteiger charge is 2.23. The van der Waals surface area contributed by atoms with Crippen LogP contribution >= 0.6 is 0 Å². The van der Waals surface area contributed by atoms with Gasteiger partial charge in [0.2, 0.25) is 0 Å². The lowest BCUT2D eigenvalue weighted by molar-refractivity contribution is 0.0378. The van der Waals surface area contributed by atoms with Crippen molar-refractivity contribution in [1.82, 2.24) is 9.88 Å². The monoisotopic (exact) mass is 495 g/mol. The fourth-order valence-electron chi connectivity index (χ4n) is 4.77. The third-order valence-corrected chi connectivity index (χ3v) is 6.60. The number of carbonyl (C=O) groups is 1. The number of hydrogen-bond donors (Lipinski definition) is 0. The first-order valence-electron chi connectivity index (χ1n) is 12.9. The Morgan fingerprint density at radius 2 is 1.70 bits per heavy atom. The zero-order chi connectivity index (χ0) is 25.6. The van der Waals surface area contributed by atoms with E-state index in [9.17, 15) is 4.79 Å². The molecule has 3 aromatic carbocycles. The summed E-state index contributed by atoms with van der Waals surface area (Å²) in [6.45, 7) is 8.48. The Balaban J connectivity index is 1.18. The van der Waals surface area contributed by atoms with Gasteiger partial charge in [0.15, 0.2) is 0 Å². The van der Waals surface area contributed by atoms with Crippen LogP contribution in [-0.4, -0.2) is 48.1 Å². The zero-order valence-electron chi connectivity index (χ0n) is 21.5. The molecule has 4 aromatic rings. The van der Waals surface area contributed by atoms with E-state index in [1.54, 1.807) is 18.3 Å². The lowest BCUT2D eigenvalue weighted by Crippen LogP contribution is -2.46. The quantitative estimate of drug-likeness (QED) is 0.292. The fraction of sp³-hybridized carbons (Fsp3) is 0.290. The fourth-order valence-corrected chi connectivity index (χ4v) is 4.77. The van der Waals surface area contributed by atoms with E-state index in [0.717, 1.165) is 38.5 Å². The molecule has 1 aromatic heterocycles. The number of carbonyl (C=O) groups excluding carboxylic acids is 1. The highest BCUT2D eigenvalue weighted by Crippen LogP contribution is 2.23. The average Bonchev–Trinajstić information content (AvgIpc) is 2.92. The van der Waals surface area contributed by atoms with Gasteiger partial charge < -0.3 is 14.4 Å². The molecule has 0 radical (unpaired) electrons. The highest BCUT2D eigenvalue weighted by molar-refractivity contribution is 5.95. The molecule has 6 heteroatoms. The number of pyridine rings is 1. The van der Waals surface area contributed by atoms with Crippen molar-refractivity contribution in [2.24, 2.45) is 0 Å². The Morgan fingerprint density at radius 3 is 2.54 bits per heavy atom. The van der Waals surface area contributed by atoms with Crippen molar-refractivity contribution in [3.8, 4) is 5.75 Å². The summed E-state index contributed by atoms with van der Waals surface area (Å²) in [4.78, 5) is 21.7. The molecule has 1 aliphatic heterocycles. The van der Waals surface area contributed by atoms with Crippen LogP contribution in [0.15, 0.2) is 85.1 Å². The number of hydrogen-bond acceptors (Lipinski definition) is 6. The second-order valence-electron chi connectivity index (χ2n) is 9.67. The van der Waals surface area contributed by atoms with Gasteiger partial charge in [-0.1, -0.05) is 54.6 Å². The van der Waals surface area contributed by atoms with Crippen molar-refractivity contribution < 1.29 is 14.3 Å². The predicted octanol–water partition coefficient (Wildman–Crippen LogP) is 5.70. The molecule has 0 spiro atoms. The largest absolute Gasteiger partial charge is 0.489 e. The molecule has 37 heavy (non-hydrogen) atoms. The Kier molecular flexibility index (Phi) is 7.66. The topological polar surface area (TPSA) is 54.9 Å². The third kappa shape index (κ3) is 6.09. The van der Waals surface area contributed by atoms with Crippen LogP contribution in [0.25, 0.3) is 10.8 Å². The van der Waals surface area contributed by atoms with Gasteiger partial charge in [0, 0.05) is 38.9 Å². The van der Waals surface area contributed by atoms with E-state index < -0.39 is 0 Å². The smallest absolute Gasteiger partial charge is 0.342 e. The van der Waals surface area contributed by atoms with Gasteiger partial charge in [0.1, 0.15) is 23.7 Å². The van der Waals surface area contributed by atoms with Crippen LogP contribution in [-0.2, 0) is 17.9 Å². The Labute approximate surface area is 218 Å². The highest BCUT2D eigenvalue weighted by atomic mass is 16.5. The van der Waals surface area contributed by atoms with Crippen LogP contribution in [0.2, 0.25) is 0 Å². The summed E-state index contributed by atoms with van der Waals surface area (Å²) in [5.74, 6) is 1.27. The number of nitrogens with zero attached hydrogens (tertiary/aromatic N) is 3. The first kappa shape index (κ1) is 24.8. The molecule has 2 heterocycles. The van der Waals surface area contributed by atoms with Crippen molar-refractivity contribution in [2.45, 2.75) is 33.1 Å². The molecule has 0 amide bonds. The van der Waals surface area contributed by atoms with Crippen LogP contribution in [0.3, 0.4) is 0 Å². The molecule has 0 N–H and O–H groups in total. The molecule has 0 unspecified atom stereocenters. The number of aromatic nitrogens is 1. The van der Waals surface area contributed by atoms with Gasteiger partial charge in [-0.25, -0.2) is 9.78 Å². The van der Waals surface area contributed by atoms with Crippen molar-refractivity contribution in [3.05, 3.63) is 102 Å². The van der Waals surface area contributed by atoms with E-state index in [-0.39, 0.29) is 12.1 Å². The van der Waals surface area contributed by atoms with Gasteiger partial charge in [-0.2, -0.15) is 0 Å². The first-order valence-corrected chi connectivity index (χ1v) is 12.9. The minimum atomic E-state index is -0.319. The summed E-state index contributed by atoms with van der Waals surface area (Å²) in [7, 11) is 0. The Hall–Kier alpha value is -3.90. The van der Waals surface area contributed by atoms with E-state index in [1.807, 2.05) is 19.9 Å². The van der Waals surface area contributed by atoms with Crippen LogP contribution in [0.4, 0.5) is 5.82 Å². The number of esters is 1. The van der Waals surface area contributed by atoms with Gasteiger partial charge in [0.05, 0.1) is 6.10 Å². The van der Waals surface area contributed by atoms with Gasteiger partial charge in [0.25, 0.3) is 0 Å². The number of anilines is 1. The molecular formula is C31H33N3O3. The molecule has 0 atom stereocenters. The normalized spacial score (nSPS) is 14.2. The van der Waals surface area contributed by atoms with Crippen LogP contribution in [0.5, 0.6) is 5.75 Å². The third-order valence-electron chi connectivity index (χ3n) is 6.60. The molecule has 0 aliphatic carbocycles. The van der Waals surface area contributed by atoms with E-state index in [4.69, 9.17) is 9.47 Å². The van der Waals surface area contributed by atoms with Gasteiger partial charge in [-0.3, -0.25) is 4.90 Å². The molecule has 1 aliphatic rings. The van der Waals surface area contributed by atoms with E-state index in [2.05, 4.69) is 75.4 Å². The average molecular weight is 496 g/mol. The number of fused-ring (bicyclic) bond motifs is 1. The first-order chi connectivity index (χ1) is 18.1. The second-order valence-corrected chi connectivity index (χ2v) is 9.67. The minimum absolute atomic E-state index is 0.163. The zero-order valence-corrected chi connectivity index (χ0v) is 21.5. The summed E-state index contributed by atoms with van der Waals surface area (Å²) < 4.78 is 11.6. The van der Waals surface area contributed by atoms with E-state index >= 15 is 0 Å². The maximum Gasteiger partial charge on any atom is 0.342 e. The lowest BCUT2D eigenvalue weighted by Gasteiger charge is -2.36. The maximum atomic E-state index is 12.6. The summed E-state index contributed by atoms with van der Waals surface area (Å²) in [5, 5.41) is 2.46. The van der Waals surface area contributed by atoms with Gasteiger partial charge >= 0.3 is 5.97 Å². The predicted molar refractivity (Wildman–Crippen MR) is 147 cm³/mol. The summed E-state index contributed by atoms with van der Waals surface area (Å²) in [5.41, 5.74) is 2.94. The standard InChI is InChI=1S/C31H33N3O3/c1-23(2)37-31(35)29-14-7-15-32-30(29)34-18-16-33(17-19-34)21-24-8-5-12-27(20-24)36-22-26-11-6-10-25-9-3-4-13-28(25)26/h3-15,20,23H,16-19,21-22H2,1-2H3. The van der Waals surface area contributed by atoms with Crippen LogP contribution in [0, 0.1) is 0 Å². The van der Waals surface area contributed by atoms with Gasteiger partial charge in [-0.05, 0) is 60.0 Å². The van der Waals surface area contributed by atoms with Crippen molar-refractivity contribution in [1.29, 1.82) is 0 Å². The molecule has 5 rings (SSSR count). The van der Waals surface area contributed by atoms with Crippen molar-refractivity contribution in [2.75, 3.05) is 31.1 Å². The summed E-state index contributed by atoms with van der Waals surface area (Å²) in [6.07, 6.45) is 1.57. The van der Waals surface area contributed by atoms with Crippen molar-refractivity contribution >= 4 is 22.6 Å². The number of benzene rings is 3. The lowest BCUT2D eigenvalue weighted by atomic mass is 10.1. The minimum Gasteiger partial charge on any atom is -0.489 e. The molecule has 1 saturated heterocycles. The number of ether oxygens (including phenoxy) is 2. The van der Waals surface area contributed by atoms with Crippen LogP contribution < -0.4 is 9.64 Å². The molecular weight excluding hydrogens is 462 g/mol. The van der Waals surface area contributed by atoms with E-state index in [1.165, 1.54) is 21.9 Å². The second kappa shape index (κ2) is 11.4. The molecule has 0 bridgehead atoms. The molecule has 0 saturated carbocycles. The summed E-state index contributed by atoms with van der Waals surface area (Å²) >= 11 is 0. The Bertz CT molecular complexity index is 1360. The van der Waals surface area contributed by atoms with Crippen LogP contribution in [0.1, 0.15) is 35.3 Å². The maximum absolute atomic E-state index is 12.6. The number of piperazine rings is 1. The molecule has 1 fully saturated rings. The molecule has 190 valence electrons. The van der Waals surface area contributed by atoms with Gasteiger partial charge in [-0.15, -0.1) is 0 Å².